The lowest BCUT2D eigenvalue weighted by atomic mass is 10.2. The van der Waals surface area contributed by atoms with Gasteiger partial charge < -0.3 is 25.1 Å². The minimum atomic E-state index is -0.686. The van der Waals surface area contributed by atoms with Gasteiger partial charge in [0, 0.05) is 19.2 Å². The van der Waals surface area contributed by atoms with Crippen LogP contribution in [-0.4, -0.2) is 44.7 Å². The summed E-state index contributed by atoms with van der Waals surface area (Å²) in [6, 6.07) is 5.65. The first-order valence-electron chi connectivity index (χ1n) is 6.04. The zero-order chi connectivity index (χ0) is 14.1. The highest BCUT2D eigenvalue weighted by molar-refractivity contribution is 9.10. The molecule has 0 fully saturated rings. The Kier molecular flexibility index (Phi) is 8.00. The molecule has 108 valence electrons. The molecule has 0 aliphatic heterocycles. The summed E-state index contributed by atoms with van der Waals surface area (Å²) < 4.78 is 16.5. The van der Waals surface area contributed by atoms with Gasteiger partial charge in [0.25, 0.3) is 0 Å². The zero-order valence-electron chi connectivity index (χ0n) is 11.0. The van der Waals surface area contributed by atoms with E-state index in [1.165, 1.54) is 0 Å². The molecule has 6 heteroatoms. The Labute approximate surface area is 121 Å². The first-order valence-corrected chi connectivity index (χ1v) is 6.83. The number of nitrogens with two attached hydrogens (primary N) is 1. The average molecular weight is 334 g/mol. The van der Waals surface area contributed by atoms with Crippen molar-refractivity contribution in [3.63, 3.8) is 0 Å². The van der Waals surface area contributed by atoms with E-state index in [1.807, 2.05) is 18.2 Å². The Morgan fingerprint density at radius 1 is 1.32 bits per heavy atom. The molecule has 0 saturated carbocycles. The number of para-hydroxylation sites is 1. The van der Waals surface area contributed by atoms with E-state index in [-0.39, 0.29) is 13.2 Å². The molecule has 0 aromatic heterocycles. The van der Waals surface area contributed by atoms with Gasteiger partial charge in [-0.3, -0.25) is 0 Å². The second-order valence-corrected chi connectivity index (χ2v) is 4.82. The Morgan fingerprint density at radius 3 is 2.79 bits per heavy atom. The fourth-order valence-corrected chi connectivity index (χ4v) is 1.99. The Hall–Kier alpha value is -0.660. The van der Waals surface area contributed by atoms with E-state index >= 15 is 0 Å². The average Bonchev–Trinajstić information content (AvgIpc) is 2.42. The van der Waals surface area contributed by atoms with E-state index in [0.29, 0.717) is 25.5 Å². The Bertz CT molecular complexity index is 376. The van der Waals surface area contributed by atoms with Crippen molar-refractivity contribution < 1.29 is 19.3 Å². The molecule has 19 heavy (non-hydrogen) atoms. The topological polar surface area (TPSA) is 73.9 Å². The van der Waals surface area contributed by atoms with Crippen LogP contribution in [0.1, 0.15) is 5.56 Å². The molecule has 0 aliphatic rings. The lowest BCUT2D eigenvalue weighted by Crippen LogP contribution is -2.24. The van der Waals surface area contributed by atoms with Crippen molar-refractivity contribution >= 4 is 15.9 Å². The molecule has 0 spiro atoms. The van der Waals surface area contributed by atoms with Crippen LogP contribution in [0.4, 0.5) is 0 Å². The van der Waals surface area contributed by atoms with Crippen molar-refractivity contribution in [3.8, 4) is 5.75 Å². The Balaban J connectivity index is 2.39. The van der Waals surface area contributed by atoms with Gasteiger partial charge in [0.1, 0.15) is 18.5 Å². The molecule has 0 amide bonds. The van der Waals surface area contributed by atoms with E-state index in [9.17, 15) is 5.11 Å². The monoisotopic (exact) mass is 333 g/mol. The molecule has 1 rings (SSSR count). The minimum absolute atomic E-state index is 0.155. The lowest BCUT2D eigenvalue weighted by Gasteiger charge is -2.15. The van der Waals surface area contributed by atoms with Gasteiger partial charge in [0.15, 0.2) is 0 Å². The number of aliphatic hydroxyl groups excluding tert-OH is 1. The maximum absolute atomic E-state index is 9.73. The summed E-state index contributed by atoms with van der Waals surface area (Å²) in [5.41, 5.74) is 6.53. The number of halogens is 1. The van der Waals surface area contributed by atoms with Crippen LogP contribution in [-0.2, 0) is 16.0 Å². The van der Waals surface area contributed by atoms with Gasteiger partial charge in [-0.15, -0.1) is 0 Å². The number of rotatable bonds is 9. The highest BCUT2D eigenvalue weighted by Crippen LogP contribution is 2.28. The van der Waals surface area contributed by atoms with Gasteiger partial charge in [0.2, 0.25) is 0 Å². The molecule has 0 bridgehead atoms. The first kappa shape index (κ1) is 16.4. The van der Waals surface area contributed by atoms with Gasteiger partial charge in [0.05, 0.1) is 24.3 Å². The standard InChI is InChI=1S/C13H20BrNO4/c1-17-5-6-18-8-11(16)9-19-13-10(7-15)3-2-4-12(13)14/h2-4,11,16H,5-9,15H2,1H3. The van der Waals surface area contributed by atoms with Crippen molar-refractivity contribution in [2.24, 2.45) is 5.73 Å². The van der Waals surface area contributed by atoms with Crippen LogP contribution in [0.3, 0.4) is 0 Å². The third-order valence-electron chi connectivity index (χ3n) is 2.43. The molecular formula is C13H20BrNO4. The van der Waals surface area contributed by atoms with Crippen molar-refractivity contribution in [3.05, 3.63) is 28.2 Å². The van der Waals surface area contributed by atoms with E-state index in [1.54, 1.807) is 7.11 Å². The molecule has 5 nitrogen and oxygen atoms in total. The number of hydrogen-bond donors (Lipinski definition) is 2. The summed E-state index contributed by atoms with van der Waals surface area (Å²) in [5.74, 6) is 0.668. The van der Waals surface area contributed by atoms with Crippen LogP contribution in [0.15, 0.2) is 22.7 Å². The van der Waals surface area contributed by atoms with Crippen LogP contribution < -0.4 is 10.5 Å². The minimum Gasteiger partial charge on any atom is -0.489 e. The van der Waals surface area contributed by atoms with E-state index < -0.39 is 6.10 Å². The number of aliphatic hydroxyl groups is 1. The van der Waals surface area contributed by atoms with Crippen LogP contribution >= 0.6 is 15.9 Å². The van der Waals surface area contributed by atoms with Gasteiger partial charge in [-0.25, -0.2) is 0 Å². The molecule has 1 atom stereocenters. The molecule has 0 saturated heterocycles. The van der Waals surface area contributed by atoms with Crippen molar-refractivity contribution in [1.29, 1.82) is 0 Å². The van der Waals surface area contributed by atoms with Crippen LogP contribution in [0.5, 0.6) is 5.75 Å². The second-order valence-electron chi connectivity index (χ2n) is 3.96. The van der Waals surface area contributed by atoms with Gasteiger partial charge >= 0.3 is 0 Å². The van der Waals surface area contributed by atoms with E-state index in [4.69, 9.17) is 19.9 Å². The number of hydrogen-bond acceptors (Lipinski definition) is 5. The number of benzene rings is 1. The zero-order valence-corrected chi connectivity index (χ0v) is 12.6. The summed E-state index contributed by atoms with van der Waals surface area (Å²) in [7, 11) is 1.60. The number of methoxy groups -OCH3 is 1. The molecule has 1 aromatic rings. The van der Waals surface area contributed by atoms with Crippen LogP contribution in [0.25, 0.3) is 0 Å². The van der Waals surface area contributed by atoms with Gasteiger partial charge in [-0.05, 0) is 22.0 Å². The summed E-state index contributed by atoms with van der Waals surface area (Å²) in [6.45, 7) is 1.72. The smallest absolute Gasteiger partial charge is 0.138 e. The second kappa shape index (κ2) is 9.28. The fraction of sp³-hybridized carbons (Fsp3) is 0.538. The fourth-order valence-electron chi connectivity index (χ4n) is 1.47. The highest BCUT2D eigenvalue weighted by atomic mass is 79.9. The molecule has 1 aromatic carbocycles. The van der Waals surface area contributed by atoms with E-state index in [2.05, 4.69) is 15.9 Å². The maximum atomic E-state index is 9.73. The first-order chi connectivity index (χ1) is 9.19. The van der Waals surface area contributed by atoms with Crippen molar-refractivity contribution in [2.45, 2.75) is 12.6 Å². The number of ether oxygens (including phenoxy) is 3. The third kappa shape index (κ3) is 5.88. The molecular weight excluding hydrogens is 314 g/mol. The Morgan fingerprint density at radius 2 is 2.11 bits per heavy atom. The summed E-state index contributed by atoms with van der Waals surface area (Å²) in [5, 5.41) is 9.73. The molecule has 0 heterocycles. The predicted octanol–water partition coefficient (Wildman–Crippen LogP) is 1.31. The van der Waals surface area contributed by atoms with Crippen molar-refractivity contribution in [2.75, 3.05) is 33.5 Å². The van der Waals surface area contributed by atoms with Gasteiger partial charge in [-0.1, -0.05) is 12.1 Å². The molecule has 0 radical (unpaired) electrons. The van der Waals surface area contributed by atoms with Crippen LogP contribution in [0.2, 0.25) is 0 Å². The molecule has 0 aliphatic carbocycles. The van der Waals surface area contributed by atoms with Crippen molar-refractivity contribution in [1.82, 2.24) is 0 Å². The maximum Gasteiger partial charge on any atom is 0.138 e. The van der Waals surface area contributed by atoms with Crippen LogP contribution in [0, 0.1) is 0 Å². The normalized spacial score (nSPS) is 12.4. The summed E-state index contributed by atoms with van der Waals surface area (Å²) in [6.07, 6.45) is -0.686. The third-order valence-corrected chi connectivity index (χ3v) is 3.05. The predicted molar refractivity (Wildman–Crippen MR) is 76.2 cm³/mol. The van der Waals surface area contributed by atoms with Gasteiger partial charge in [-0.2, -0.15) is 0 Å². The SMILES string of the molecule is COCCOCC(O)COc1c(Br)cccc1CN. The molecule has 1 unspecified atom stereocenters. The molecule has 3 N–H and O–H groups in total. The highest BCUT2D eigenvalue weighted by Gasteiger charge is 2.10. The summed E-state index contributed by atoms with van der Waals surface area (Å²) in [4.78, 5) is 0. The quantitative estimate of drug-likeness (QED) is 0.666. The largest absolute Gasteiger partial charge is 0.489 e. The van der Waals surface area contributed by atoms with E-state index in [0.717, 1.165) is 10.0 Å². The summed E-state index contributed by atoms with van der Waals surface area (Å²) >= 11 is 3.40. The lowest BCUT2D eigenvalue weighted by molar-refractivity contribution is -0.00441.